The van der Waals surface area contributed by atoms with E-state index in [1.165, 1.54) is 24.3 Å². The Morgan fingerprint density at radius 3 is 0.981 bits per heavy atom. The fourth-order valence-corrected chi connectivity index (χ4v) is 7.45. The highest BCUT2D eigenvalue weighted by Gasteiger charge is 2.32. The molecule has 9 rings (SSSR count). The Bertz CT molecular complexity index is 2630. The van der Waals surface area contributed by atoms with Crippen LogP contribution in [0, 0.1) is 0 Å². The maximum atomic E-state index is 13.4. The van der Waals surface area contributed by atoms with E-state index in [4.69, 9.17) is 9.98 Å². The second-order valence-electron chi connectivity index (χ2n) is 13.1. The van der Waals surface area contributed by atoms with Gasteiger partial charge in [0.2, 0.25) is 0 Å². The number of hydrogen-bond donors (Lipinski definition) is 0. The second kappa shape index (κ2) is 12.6. The third kappa shape index (κ3) is 5.71. The zero-order chi connectivity index (χ0) is 37.2. The van der Waals surface area contributed by atoms with Crippen molar-refractivity contribution >= 4 is 55.1 Å². The fourth-order valence-electron chi connectivity index (χ4n) is 7.45. The van der Waals surface area contributed by atoms with Crippen molar-refractivity contribution in [3.8, 4) is 22.3 Å². The Hall–Kier alpha value is -6.54. The van der Waals surface area contributed by atoms with Gasteiger partial charge in [-0.3, -0.25) is 0 Å². The van der Waals surface area contributed by atoms with Crippen LogP contribution in [0.4, 0.5) is 37.7 Å². The van der Waals surface area contributed by atoms with E-state index in [1.807, 2.05) is 109 Å². The normalized spacial score (nSPS) is 14.6. The standard InChI is InChI=1S/C46H26F6N2/c47-45(48,49)32-23-19-27(20-24-32)34-13-1-9-30-11-5-17-38(41(30)34)53-43-36-15-3-7-29-8-4-16-37(40(29)36)44(43)54-39-18-6-12-31-10-2-14-35(42(31)39)28-21-25-33(26-22-28)46(50,51)52/h1-26H. The molecule has 0 atom stereocenters. The molecule has 0 amide bonds. The van der Waals surface area contributed by atoms with Crippen molar-refractivity contribution in [2.75, 3.05) is 0 Å². The van der Waals surface area contributed by atoms with Gasteiger partial charge in [-0.05, 0) is 74.8 Å². The van der Waals surface area contributed by atoms with Gasteiger partial charge in [-0.1, -0.05) is 121 Å². The van der Waals surface area contributed by atoms with Gasteiger partial charge in [0.05, 0.1) is 33.9 Å². The van der Waals surface area contributed by atoms with E-state index in [0.29, 0.717) is 33.9 Å². The number of rotatable bonds is 4. The van der Waals surface area contributed by atoms with Crippen LogP contribution in [-0.4, -0.2) is 11.4 Å². The molecule has 0 bridgehead atoms. The minimum Gasteiger partial charge on any atom is -0.245 e. The van der Waals surface area contributed by atoms with Crippen molar-refractivity contribution in [2.45, 2.75) is 12.4 Å². The first kappa shape index (κ1) is 33.3. The fraction of sp³-hybridized carbons (Fsp3) is 0.0435. The Labute approximate surface area is 305 Å². The molecule has 0 heterocycles. The SMILES string of the molecule is FC(F)(F)c1ccc(-c2cccc3cccc(N=C4C(=Nc5cccc6cccc(-c7ccc(C(F)(F)F)cc7)c56)c5cccc6cccc4c56)c23)cc1. The van der Waals surface area contributed by atoms with Crippen LogP contribution in [0.25, 0.3) is 54.6 Å². The molecule has 0 aliphatic heterocycles. The predicted molar refractivity (Wildman–Crippen MR) is 205 cm³/mol. The highest BCUT2D eigenvalue weighted by atomic mass is 19.4. The van der Waals surface area contributed by atoms with E-state index in [-0.39, 0.29) is 0 Å². The van der Waals surface area contributed by atoms with Crippen molar-refractivity contribution in [1.29, 1.82) is 0 Å². The molecule has 0 radical (unpaired) electrons. The molecule has 0 saturated heterocycles. The molecule has 8 aromatic rings. The highest BCUT2D eigenvalue weighted by Crippen LogP contribution is 2.42. The van der Waals surface area contributed by atoms with Gasteiger partial charge in [-0.2, -0.15) is 26.3 Å². The molecule has 2 nitrogen and oxygen atoms in total. The van der Waals surface area contributed by atoms with E-state index in [2.05, 4.69) is 0 Å². The largest absolute Gasteiger partial charge is 0.416 e. The first-order valence-corrected chi connectivity index (χ1v) is 17.1. The summed E-state index contributed by atoms with van der Waals surface area (Å²) in [7, 11) is 0. The van der Waals surface area contributed by atoms with Gasteiger partial charge in [0.15, 0.2) is 0 Å². The smallest absolute Gasteiger partial charge is 0.245 e. The summed E-state index contributed by atoms with van der Waals surface area (Å²) in [4.78, 5) is 10.7. The number of alkyl halides is 6. The van der Waals surface area contributed by atoms with Crippen molar-refractivity contribution in [3.05, 3.63) is 180 Å². The summed E-state index contributed by atoms with van der Waals surface area (Å²) in [6.07, 6.45) is -8.91. The molecule has 54 heavy (non-hydrogen) atoms. The molecule has 0 aromatic heterocycles. The lowest BCUT2D eigenvalue weighted by Crippen LogP contribution is -2.10. The molecular formula is C46H26F6N2. The maximum Gasteiger partial charge on any atom is 0.416 e. The lowest BCUT2D eigenvalue weighted by atomic mass is 9.96. The highest BCUT2D eigenvalue weighted by molar-refractivity contribution is 6.61. The van der Waals surface area contributed by atoms with E-state index >= 15 is 0 Å². The maximum absolute atomic E-state index is 13.4. The van der Waals surface area contributed by atoms with Crippen molar-refractivity contribution < 1.29 is 26.3 Å². The number of benzene rings is 8. The van der Waals surface area contributed by atoms with Crippen LogP contribution in [-0.2, 0) is 12.4 Å². The van der Waals surface area contributed by atoms with Crippen LogP contribution in [0.15, 0.2) is 168 Å². The van der Waals surface area contributed by atoms with Gasteiger partial charge in [0.25, 0.3) is 0 Å². The zero-order valence-corrected chi connectivity index (χ0v) is 28.2. The summed E-state index contributed by atoms with van der Waals surface area (Å²) >= 11 is 0. The number of fused-ring (bicyclic) bond motifs is 2. The topological polar surface area (TPSA) is 24.7 Å². The van der Waals surface area contributed by atoms with Crippen LogP contribution < -0.4 is 0 Å². The zero-order valence-electron chi connectivity index (χ0n) is 28.2. The van der Waals surface area contributed by atoms with E-state index in [0.717, 1.165) is 78.8 Å². The van der Waals surface area contributed by atoms with Crippen molar-refractivity contribution in [2.24, 2.45) is 9.98 Å². The van der Waals surface area contributed by atoms with Crippen molar-refractivity contribution in [1.82, 2.24) is 0 Å². The Morgan fingerprint density at radius 1 is 0.315 bits per heavy atom. The van der Waals surface area contributed by atoms with Crippen LogP contribution >= 0.6 is 0 Å². The third-order valence-electron chi connectivity index (χ3n) is 9.92. The summed E-state index contributed by atoms with van der Waals surface area (Å²) in [5, 5.41) is 5.31. The predicted octanol–water partition coefficient (Wildman–Crippen LogP) is 13.8. The van der Waals surface area contributed by atoms with Crippen molar-refractivity contribution in [3.63, 3.8) is 0 Å². The molecule has 0 N–H and O–H groups in total. The minimum atomic E-state index is -4.45. The van der Waals surface area contributed by atoms with E-state index in [1.54, 1.807) is 0 Å². The summed E-state index contributed by atoms with van der Waals surface area (Å²) in [6.45, 7) is 0. The number of nitrogens with zero attached hydrogens (tertiary/aromatic N) is 2. The van der Waals surface area contributed by atoms with E-state index in [9.17, 15) is 26.3 Å². The molecular weight excluding hydrogens is 695 g/mol. The summed E-state index contributed by atoms with van der Waals surface area (Å²) < 4.78 is 80.7. The average molecular weight is 721 g/mol. The number of aliphatic imine (C=N–C) groups is 2. The lowest BCUT2D eigenvalue weighted by Gasteiger charge is -2.13. The third-order valence-corrected chi connectivity index (χ3v) is 9.92. The van der Waals surface area contributed by atoms with Crippen LogP contribution in [0.1, 0.15) is 22.3 Å². The summed E-state index contributed by atoms with van der Waals surface area (Å²) in [5.41, 5.74) is 5.55. The summed E-state index contributed by atoms with van der Waals surface area (Å²) in [6, 6.07) is 45.2. The van der Waals surface area contributed by atoms with Crippen LogP contribution in [0.2, 0.25) is 0 Å². The number of hydrogen-bond acceptors (Lipinski definition) is 2. The Balaban J connectivity index is 1.27. The minimum absolute atomic E-state index is 0.624. The Morgan fingerprint density at radius 2 is 0.630 bits per heavy atom. The number of halogens is 6. The van der Waals surface area contributed by atoms with E-state index < -0.39 is 23.5 Å². The molecule has 1 aliphatic rings. The molecule has 262 valence electrons. The second-order valence-corrected chi connectivity index (χ2v) is 13.1. The van der Waals surface area contributed by atoms with Crippen LogP contribution in [0.5, 0.6) is 0 Å². The van der Waals surface area contributed by atoms with Gasteiger partial charge in [-0.25, -0.2) is 9.98 Å². The van der Waals surface area contributed by atoms with Gasteiger partial charge in [-0.15, -0.1) is 0 Å². The molecule has 0 unspecified atom stereocenters. The van der Waals surface area contributed by atoms with Gasteiger partial charge >= 0.3 is 12.4 Å². The molecule has 0 spiro atoms. The van der Waals surface area contributed by atoms with Gasteiger partial charge in [0, 0.05) is 27.3 Å². The monoisotopic (exact) mass is 720 g/mol. The van der Waals surface area contributed by atoms with Crippen LogP contribution in [0.3, 0.4) is 0 Å². The first-order valence-electron chi connectivity index (χ1n) is 17.1. The molecule has 0 fully saturated rings. The Kier molecular flexibility index (Phi) is 7.74. The van der Waals surface area contributed by atoms with Gasteiger partial charge < -0.3 is 0 Å². The first-order chi connectivity index (χ1) is 26.0. The molecule has 1 aliphatic carbocycles. The average Bonchev–Trinajstić information content (AvgIpc) is 3.46. The lowest BCUT2D eigenvalue weighted by molar-refractivity contribution is -0.138. The molecule has 8 heteroatoms. The molecule has 0 saturated carbocycles. The molecule has 8 aromatic carbocycles. The van der Waals surface area contributed by atoms with Gasteiger partial charge in [0.1, 0.15) is 0 Å². The summed E-state index contributed by atoms with van der Waals surface area (Å²) in [5.74, 6) is 0. The quantitative estimate of drug-likeness (QED) is 0.162.